The fourth-order valence-electron chi connectivity index (χ4n) is 3.96. The number of likely N-dealkylation sites (tertiary alicyclic amines) is 1. The number of rotatable bonds is 7. The molecule has 0 radical (unpaired) electrons. The van der Waals surface area contributed by atoms with Crippen molar-refractivity contribution in [1.82, 2.24) is 19.6 Å². The molecule has 3 aromatic rings. The van der Waals surface area contributed by atoms with Gasteiger partial charge in [-0.1, -0.05) is 60.2 Å². The molecule has 1 saturated heterocycles. The molecule has 2 aromatic carbocycles. The van der Waals surface area contributed by atoms with Gasteiger partial charge in [0.15, 0.2) is 0 Å². The Morgan fingerprint density at radius 3 is 2.43 bits per heavy atom. The SMILES string of the molecule is Cc1ccc(-c2nn(Cc3ccccc3)cc2C(=O)N(C)CCN2CCCC2)cc1. The summed E-state index contributed by atoms with van der Waals surface area (Å²) in [5.74, 6) is 0.0316. The van der Waals surface area contributed by atoms with Crippen LogP contribution in [0.15, 0.2) is 60.8 Å². The van der Waals surface area contributed by atoms with Crippen molar-refractivity contribution in [3.8, 4) is 11.3 Å². The minimum absolute atomic E-state index is 0.0316. The molecule has 1 aliphatic heterocycles. The van der Waals surface area contributed by atoms with Crippen LogP contribution < -0.4 is 0 Å². The first-order valence-corrected chi connectivity index (χ1v) is 10.8. The molecule has 30 heavy (non-hydrogen) atoms. The third-order valence-electron chi connectivity index (χ3n) is 5.80. The van der Waals surface area contributed by atoms with Crippen LogP contribution in [0.1, 0.15) is 34.3 Å². The van der Waals surface area contributed by atoms with Crippen molar-refractivity contribution in [3.63, 3.8) is 0 Å². The average Bonchev–Trinajstić information content (AvgIpc) is 3.43. The van der Waals surface area contributed by atoms with Crippen molar-refractivity contribution < 1.29 is 4.79 Å². The molecule has 5 heteroatoms. The second-order valence-corrected chi connectivity index (χ2v) is 8.22. The van der Waals surface area contributed by atoms with Crippen LogP contribution in [0.3, 0.4) is 0 Å². The van der Waals surface area contributed by atoms with Gasteiger partial charge in [-0.2, -0.15) is 5.10 Å². The second kappa shape index (κ2) is 9.26. The fraction of sp³-hybridized carbons (Fsp3) is 0.360. The smallest absolute Gasteiger partial charge is 0.257 e. The van der Waals surface area contributed by atoms with Gasteiger partial charge in [0, 0.05) is 31.9 Å². The Bertz CT molecular complexity index is 972. The highest BCUT2D eigenvalue weighted by Gasteiger charge is 2.22. The molecule has 0 aliphatic carbocycles. The van der Waals surface area contributed by atoms with E-state index in [1.165, 1.54) is 18.4 Å². The summed E-state index contributed by atoms with van der Waals surface area (Å²) < 4.78 is 1.88. The number of carbonyl (C=O) groups is 1. The molecule has 0 saturated carbocycles. The summed E-state index contributed by atoms with van der Waals surface area (Å²) in [6.45, 7) is 6.66. The van der Waals surface area contributed by atoms with Gasteiger partial charge in [-0.05, 0) is 38.4 Å². The van der Waals surface area contributed by atoms with Gasteiger partial charge >= 0.3 is 0 Å². The van der Waals surface area contributed by atoms with Gasteiger partial charge in [-0.15, -0.1) is 0 Å². The number of carbonyl (C=O) groups excluding carboxylic acids is 1. The van der Waals surface area contributed by atoms with Crippen molar-refractivity contribution in [2.45, 2.75) is 26.3 Å². The topological polar surface area (TPSA) is 41.4 Å². The molecule has 1 aromatic heterocycles. The predicted molar refractivity (Wildman–Crippen MR) is 121 cm³/mol. The molecule has 156 valence electrons. The van der Waals surface area contributed by atoms with Crippen LogP contribution in [0.25, 0.3) is 11.3 Å². The highest BCUT2D eigenvalue weighted by molar-refractivity contribution is 5.99. The summed E-state index contributed by atoms with van der Waals surface area (Å²) in [6, 6.07) is 18.4. The highest BCUT2D eigenvalue weighted by atomic mass is 16.2. The minimum Gasteiger partial charge on any atom is -0.340 e. The molecule has 1 fully saturated rings. The average molecular weight is 403 g/mol. The summed E-state index contributed by atoms with van der Waals surface area (Å²) in [5, 5.41) is 4.81. The minimum atomic E-state index is 0.0316. The van der Waals surface area contributed by atoms with Crippen LogP contribution in [0, 0.1) is 6.92 Å². The molecule has 0 N–H and O–H groups in total. The Kier molecular flexibility index (Phi) is 6.29. The third kappa shape index (κ3) is 4.79. The number of benzene rings is 2. The van der Waals surface area contributed by atoms with Crippen LogP contribution in [0.4, 0.5) is 0 Å². The summed E-state index contributed by atoms with van der Waals surface area (Å²) in [7, 11) is 1.89. The monoisotopic (exact) mass is 402 g/mol. The van der Waals surface area contributed by atoms with Gasteiger partial charge in [0.1, 0.15) is 5.69 Å². The number of aromatic nitrogens is 2. The fourth-order valence-corrected chi connectivity index (χ4v) is 3.96. The van der Waals surface area contributed by atoms with Crippen LogP contribution in [-0.4, -0.2) is 58.7 Å². The number of hydrogen-bond acceptors (Lipinski definition) is 3. The van der Waals surface area contributed by atoms with E-state index in [0.717, 1.165) is 43.0 Å². The van der Waals surface area contributed by atoms with E-state index in [2.05, 4.69) is 36.1 Å². The van der Waals surface area contributed by atoms with E-state index in [0.29, 0.717) is 12.1 Å². The lowest BCUT2D eigenvalue weighted by Gasteiger charge is -2.21. The zero-order valence-corrected chi connectivity index (χ0v) is 17.9. The number of nitrogens with zero attached hydrogens (tertiary/aromatic N) is 4. The zero-order valence-electron chi connectivity index (χ0n) is 17.9. The van der Waals surface area contributed by atoms with Crippen LogP contribution in [0.2, 0.25) is 0 Å². The van der Waals surface area contributed by atoms with Gasteiger partial charge in [0.05, 0.1) is 12.1 Å². The first kappa shape index (κ1) is 20.4. The summed E-state index contributed by atoms with van der Waals surface area (Å²) in [5.41, 5.74) is 4.75. The standard InChI is InChI=1S/C25H30N4O/c1-20-10-12-22(13-11-20)24-23(19-29(26-24)18-21-8-4-3-5-9-21)25(30)27(2)16-17-28-14-6-7-15-28/h3-5,8-13,19H,6-7,14-18H2,1-2H3. The predicted octanol–water partition coefficient (Wildman–Crippen LogP) is 4.07. The molecule has 2 heterocycles. The van der Waals surface area contributed by atoms with Crippen molar-refractivity contribution in [2.75, 3.05) is 33.2 Å². The van der Waals surface area contributed by atoms with E-state index in [1.54, 1.807) is 0 Å². The Hall–Kier alpha value is -2.92. The van der Waals surface area contributed by atoms with E-state index >= 15 is 0 Å². The molecule has 1 amide bonds. The summed E-state index contributed by atoms with van der Waals surface area (Å²) in [6.07, 6.45) is 4.43. The Balaban J connectivity index is 1.58. The van der Waals surface area contributed by atoms with E-state index in [4.69, 9.17) is 5.10 Å². The molecule has 5 nitrogen and oxygen atoms in total. The van der Waals surface area contributed by atoms with Crippen molar-refractivity contribution in [1.29, 1.82) is 0 Å². The van der Waals surface area contributed by atoms with Gasteiger partial charge < -0.3 is 9.80 Å². The number of likely N-dealkylation sites (N-methyl/N-ethyl adjacent to an activating group) is 1. The van der Waals surface area contributed by atoms with Gasteiger partial charge in [-0.25, -0.2) is 0 Å². The van der Waals surface area contributed by atoms with E-state index < -0.39 is 0 Å². The Morgan fingerprint density at radius 1 is 1.03 bits per heavy atom. The molecule has 0 atom stereocenters. The molecule has 1 aliphatic rings. The maximum atomic E-state index is 13.3. The largest absolute Gasteiger partial charge is 0.340 e. The van der Waals surface area contributed by atoms with E-state index in [1.807, 2.05) is 53.2 Å². The Morgan fingerprint density at radius 2 is 1.73 bits per heavy atom. The lowest BCUT2D eigenvalue weighted by atomic mass is 10.1. The third-order valence-corrected chi connectivity index (χ3v) is 5.80. The molecule has 0 bridgehead atoms. The van der Waals surface area contributed by atoms with Crippen molar-refractivity contribution in [2.24, 2.45) is 0 Å². The normalized spacial score (nSPS) is 14.2. The Labute approximate surface area is 178 Å². The van der Waals surface area contributed by atoms with Crippen LogP contribution in [0.5, 0.6) is 0 Å². The molecular weight excluding hydrogens is 372 g/mol. The van der Waals surface area contributed by atoms with Gasteiger partial charge in [0.25, 0.3) is 5.91 Å². The summed E-state index contributed by atoms with van der Waals surface area (Å²) >= 11 is 0. The van der Waals surface area contributed by atoms with Crippen LogP contribution in [-0.2, 0) is 6.54 Å². The maximum Gasteiger partial charge on any atom is 0.257 e. The first-order chi connectivity index (χ1) is 14.6. The molecular formula is C25H30N4O. The summed E-state index contributed by atoms with van der Waals surface area (Å²) in [4.78, 5) is 17.6. The number of aryl methyl sites for hydroxylation is 1. The number of amides is 1. The van der Waals surface area contributed by atoms with Gasteiger partial charge in [-0.3, -0.25) is 9.48 Å². The first-order valence-electron chi connectivity index (χ1n) is 10.8. The second-order valence-electron chi connectivity index (χ2n) is 8.22. The molecule has 0 spiro atoms. The van der Waals surface area contributed by atoms with E-state index in [-0.39, 0.29) is 5.91 Å². The quantitative estimate of drug-likeness (QED) is 0.598. The van der Waals surface area contributed by atoms with Crippen molar-refractivity contribution in [3.05, 3.63) is 77.5 Å². The van der Waals surface area contributed by atoms with Gasteiger partial charge in [0.2, 0.25) is 0 Å². The maximum absolute atomic E-state index is 13.3. The lowest BCUT2D eigenvalue weighted by molar-refractivity contribution is 0.0783. The van der Waals surface area contributed by atoms with Crippen LogP contribution >= 0.6 is 0 Å². The lowest BCUT2D eigenvalue weighted by Crippen LogP contribution is -2.35. The number of hydrogen-bond donors (Lipinski definition) is 0. The molecule has 4 rings (SSSR count). The highest BCUT2D eigenvalue weighted by Crippen LogP contribution is 2.24. The van der Waals surface area contributed by atoms with Crippen molar-refractivity contribution >= 4 is 5.91 Å². The van der Waals surface area contributed by atoms with E-state index in [9.17, 15) is 4.79 Å². The zero-order chi connectivity index (χ0) is 20.9. The molecule has 0 unspecified atom stereocenters.